The lowest BCUT2D eigenvalue weighted by atomic mass is 9.92. The summed E-state index contributed by atoms with van der Waals surface area (Å²) in [6.07, 6.45) is 3.44. The standard InChI is InChI=1S/C26H23FN2O4S/c27-19-8-10-20(11-9-19)34(32,33)26-18(4-3-13-28-26)15-22-21-5-1-2-6-23(21)29-16-17(14-25(30)31)7-12-24(22)29/h1-6,8-11,13,17H,7,12,14-16H2,(H,30,31). The Balaban J connectivity index is 1.59. The van der Waals surface area contributed by atoms with Gasteiger partial charge < -0.3 is 9.67 Å². The van der Waals surface area contributed by atoms with Gasteiger partial charge in [0, 0.05) is 42.2 Å². The molecule has 34 heavy (non-hydrogen) atoms. The van der Waals surface area contributed by atoms with Gasteiger partial charge in [0.15, 0.2) is 5.03 Å². The molecule has 174 valence electrons. The third-order valence-electron chi connectivity index (χ3n) is 6.48. The van der Waals surface area contributed by atoms with E-state index in [1.54, 1.807) is 12.1 Å². The van der Waals surface area contributed by atoms with Crippen LogP contribution in [0.25, 0.3) is 10.9 Å². The lowest BCUT2D eigenvalue weighted by Gasteiger charge is -2.25. The third kappa shape index (κ3) is 3.98. The molecule has 0 aliphatic carbocycles. The van der Waals surface area contributed by atoms with Crippen LogP contribution in [0, 0.1) is 11.7 Å². The Labute approximate surface area is 196 Å². The molecule has 0 radical (unpaired) electrons. The number of carboxylic acid groups (broad SMARTS) is 1. The van der Waals surface area contributed by atoms with Crippen LogP contribution in [0.4, 0.5) is 4.39 Å². The van der Waals surface area contributed by atoms with Crippen molar-refractivity contribution < 1.29 is 22.7 Å². The first-order valence-corrected chi connectivity index (χ1v) is 12.6. The molecule has 3 heterocycles. The van der Waals surface area contributed by atoms with Gasteiger partial charge in [0.05, 0.1) is 4.90 Å². The molecule has 0 saturated carbocycles. The number of para-hydroxylation sites is 1. The van der Waals surface area contributed by atoms with Gasteiger partial charge in [-0.1, -0.05) is 24.3 Å². The summed E-state index contributed by atoms with van der Waals surface area (Å²) >= 11 is 0. The Hall–Kier alpha value is -3.52. The maximum Gasteiger partial charge on any atom is 0.303 e. The van der Waals surface area contributed by atoms with Crippen LogP contribution in [0.15, 0.2) is 76.8 Å². The topological polar surface area (TPSA) is 89.3 Å². The summed E-state index contributed by atoms with van der Waals surface area (Å²) in [6.45, 7) is 0.621. The minimum Gasteiger partial charge on any atom is -0.481 e. The molecule has 4 aromatic rings. The van der Waals surface area contributed by atoms with Crippen molar-refractivity contribution in [3.63, 3.8) is 0 Å². The number of hydrogen-bond acceptors (Lipinski definition) is 4. The van der Waals surface area contributed by atoms with E-state index in [9.17, 15) is 22.7 Å². The van der Waals surface area contributed by atoms with E-state index in [4.69, 9.17) is 0 Å². The van der Waals surface area contributed by atoms with Gasteiger partial charge in [0.25, 0.3) is 0 Å². The van der Waals surface area contributed by atoms with E-state index in [-0.39, 0.29) is 22.3 Å². The molecule has 2 aromatic heterocycles. The molecule has 0 bridgehead atoms. The molecule has 1 unspecified atom stereocenters. The van der Waals surface area contributed by atoms with Crippen molar-refractivity contribution in [2.45, 2.75) is 42.1 Å². The van der Waals surface area contributed by atoms with E-state index in [0.29, 0.717) is 18.5 Å². The molecular weight excluding hydrogens is 455 g/mol. The number of nitrogens with zero attached hydrogens (tertiary/aromatic N) is 2. The monoisotopic (exact) mass is 478 g/mol. The summed E-state index contributed by atoms with van der Waals surface area (Å²) in [6, 6.07) is 16.2. The number of aromatic nitrogens is 2. The zero-order valence-corrected chi connectivity index (χ0v) is 19.1. The predicted molar refractivity (Wildman–Crippen MR) is 125 cm³/mol. The predicted octanol–water partition coefficient (Wildman–Crippen LogP) is 4.64. The quantitative estimate of drug-likeness (QED) is 0.408. The van der Waals surface area contributed by atoms with Gasteiger partial charge in [-0.15, -0.1) is 0 Å². The minimum atomic E-state index is -3.94. The number of rotatable bonds is 6. The van der Waals surface area contributed by atoms with E-state index < -0.39 is 21.6 Å². The fourth-order valence-electron chi connectivity index (χ4n) is 4.94. The molecule has 0 amide bonds. The lowest BCUT2D eigenvalue weighted by molar-refractivity contribution is -0.138. The molecule has 1 atom stereocenters. The zero-order valence-electron chi connectivity index (χ0n) is 18.3. The molecule has 2 aromatic carbocycles. The molecule has 8 heteroatoms. The van der Waals surface area contributed by atoms with Crippen molar-refractivity contribution in [2.75, 3.05) is 0 Å². The van der Waals surface area contributed by atoms with Crippen LogP contribution < -0.4 is 0 Å². The van der Waals surface area contributed by atoms with Crippen LogP contribution in [0.5, 0.6) is 0 Å². The van der Waals surface area contributed by atoms with E-state index in [0.717, 1.165) is 47.1 Å². The summed E-state index contributed by atoms with van der Waals surface area (Å²) in [5.74, 6) is -1.24. The van der Waals surface area contributed by atoms with Crippen molar-refractivity contribution in [1.82, 2.24) is 9.55 Å². The fraction of sp³-hybridized carbons (Fsp3) is 0.231. The molecule has 0 fully saturated rings. The molecule has 0 spiro atoms. The Bertz CT molecular complexity index is 1490. The first kappa shape index (κ1) is 22.3. The number of aliphatic carboxylic acids is 1. The molecule has 1 aliphatic rings. The number of benzene rings is 2. The first-order valence-electron chi connectivity index (χ1n) is 11.1. The van der Waals surface area contributed by atoms with Crippen LogP contribution in [-0.2, 0) is 34.0 Å². The molecular formula is C26H23FN2O4S. The van der Waals surface area contributed by atoms with E-state index >= 15 is 0 Å². The highest BCUT2D eigenvalue weighted by molar-refractivity contribution is 7.91. The largest absolute Gasteiger partial charge is 0.481 e. The van der Waals surface area contributed by atoms with Crippen molar-refractivity contribution in [2.24, 2.45) is 5.92 Å². The second-order valence-electron chi connectivity index (χ2n) is 8.66. The molecule has 5 rings (SSSR count). The van der Waals surface area contributed by atoms with Gasteiger partial charge in [-0.2, -0.15) is 0 Å². The highest BCUT2D eigenvalue weighted by Crippen LogP contribution is 2.36. The highest BCUT2D eigenvalue weighted by Gasteiger charge is 2.28. The Kier molecular flexibility index (Phi) is 5.69. The maximum absolute atomic E-state index is 13.4. The second-order valence-corrected chi connectivity index (χ2v) is 10.5. The van der Waals surface area contributed by atoms with Crippen molar-refractivity contribution in [1.29, 1.82) is 0 Å². The zero-order chi connectivity index (χ0) is 23.9. The van der Waals surface area contributed by atoms with Crippen LogP contribution in [-0.4, -0.2) is 29.0 Å². The molecule has 6 nitrogen and oxygen atoms in total. The third-order valence-corrected chi connectivity index (χ3v) is 8.25. The summed E-state index contributed by atoms with van der Waals surface area (Å²) in [7, 11) is -3.94. The summed E-state index contributed by atoms with van der Waals surface area (Å²) in [4.78, 5) is 15.5. The summed E-state index contributed by atoms with van der Waals surface area (Å²) in [5.41, 5.74) is 3.73. The first-order chi connectivity index (χ1) is 16.3. The van der Waals surface area contributed by atoms with E-state index in [2.05, 4.69) is 9.55 Å². The van der Waals surface area contributed by atoms with Gasteiger partial charge in [0.1, 0.15) is 5.82 Å². The number of sulfone groups is 1. The Morgan fingerprint density at radius 1 is 1.09 bits per heavy atom. The van der Waals surface area contributed by atoms with Crippen LogP contribution in [0.2, 0.25) is 0 Å². The van der Waals surface area contributed by atoms with Gasteiger partial charge in [-0.25, -0.2) is 17.8 Å². The molecule has 1 aliphatic heterocycles. The van der Waals surface area contributed by atoms with Gasteiger partial charge in [0.2, 0.25) is 9.84 Å². The van der Waals surface area contributed by atoms with Crippen LogP contribution in [0.1, 0.15) is 29.7 Å². The van der Waals surface area contributed by atoms with Crippen molar-refractivity contribution >= 4 is 26.7 Å². The number of halogens is 1. The molecule has 1 N–H and O–H groups in total. The Morgan fingerprint density at radius 2 is 1.85 bits per heavy atom. The van der Waals surface area contributed by atoms with Crippen LogP contribution >= 0.6 is 0 Å². The highest BCUT2D eigenvalue weighted by atomic mass is 32.2. The maximum atomic E-state index is 13.4. The van der Waals surface area contributed by atoms with E-state index in [1.807, 2.05) is 24.3 Å². The normalized spacial score (nSPS) is 15.9. The number of carbonyl (C=O) groups is 1. The minimum absolute atomic E-state index is 0.00543. The van der Waals surface area contributed by atoms with Gasteiger partial charge in [-0.3, -0.25) is 4.79 Å². The van der Waals surface area contributed by atoms with Gasteiger partial charge in [-0.05, 0) is 66.3 Å². The lowest BCUT2D eigenvalue weighted by Crippen LogP contribution is -2.22. The number of carboxylic acids is 1. The number of pyridine rings is 1. The van der Waals surface area contributed by atoms with Crippen molar-refractivity contribution in [3.05, 3.63) is 89.5 Å². The average Bonchev–Trinajstić information content (AvgIpc) is 3.12. The SMILES string of the molecule is O=C(O)CC1CCc2c(Cc3cccnc3S(=O)(=O)c3ccc(F)cc3)c3ccccc3n2C1. The van der Waals surface area contributed by atoms with E-state index in [1.165, 1.54) is 18.3 Å². The number of hydrogen-bond donors (Lipinski definition) is 1. The Morgan fingerprint density at radius 3 is 2.62 bits per heavy atom. The average molecular weight is 479 g/mol. The summed E-state index contributed by atoms with van der Waals surface area (Å²) < 4.78 is 42.2. The van der Waals surface area contributed by atoms with Gasteiger partial charge >= 0.3 is 5.97 Å². The number of fused-ring (bicyclic) bond motifs is 3. The van der Waals surface area contributed by atoms with Crippen molar-refractivity contribution in [3.8, 4) is 0 Å². The smallest absolute Gasteiger partial charge is 0.303 e. The summed E-state index contributed by atoms with van der Waals surface area (Å²) in [5, 5.41) is 10.2. The molecule has 0 saturated heterocycles. The fourth-order valence-corrected chi connectivity index (χ4v) is 6.34. The van der Waals surface area contributed by atoms with Crippen LogP contribution in [0.3, 0.4) is 0 Å². The second kappa shape index (κ2) is 8.68.